The molecule has 1 N–H and O–H groups in total. The van der Waals surface area contributed by atoms with Gasteiger partial charge in [-0.25, -0.2) is 13.4 Å². The molecule has 0 saturated carbocycles. The smallest absolute Gasteiger partial charge is 0.311 e. The molecule has 0 atom stereocenters. The molecule has 1 aromatic carbocycles. The van der Waals surface area contributed by atoms with E-state index >= 15 is 0 Å². The highest BCUT2D eigenvalue weighted by Crippen LogP contribution is 2.28. The second kappa shape index (κ2) is 6.86. The van der Waals surface area contributed by atoms with Crippen LogP contribution in [-0.2, 0) is 26.0 Å². The Balaban J connectivity index is 2.29. The van der Waals surface area contributed by atoms with Crippen molar-refractivity contribution < 1.29 is 17.9 Å². The number of halogens is 1. The largest absolute Gasteiger partial charge is 0.469 e. The number of nitrogens with one attached hydrogen (secondary N) is 1. The van der Waals surface area contributed by atoms with Gasteiger partial charge in [-0.15, -0.1) is 11.3 Å². The maximum atomic E-state index is 12.5. The fourth-order valence-corrected chi connectivity index (χ4v) is 4.46. The number of aryl methyl sites for hydroxylation is 1. The van der Waals surface area contributed by atoms with Crippen LogP contribution < -0.4 is 4.72 Å². The summed E-state index contributed by atoms with van der Waals surface area (Å²) in [6.07, 6.45) is -0.00322. The van der Waals surface area contributed by atoms with Crippen LogP contribution in [0.3, 0.4) is 0 Å². The van der Waals surface area contributed by atoms with Crippen LogP contribution in [0.25, 0.3) is 0 Å². The van der Waals surface area contributed by atoms with E-state index in [1.165, 1.54) is 13.2 Å². The zero-order valence-corrected chi connectivity index (χ0v) is 15.1. The molecule has 0 amide bonds. The van der Waals surface area contributed by atoms with Gasteiger partial charge in [0.05, 0.1) is 24.1 Å². The molecule has 0 unspecified atom stereocenters. The number of carbonyl (C=O) groups excluding carboxylic acids is 1. The lowest BCUT2D eigenvalue weighted by atomic mass is 10.2. The number of thiazole rings is 1. The first-order valence-electron chi connectivity index (χ1n) is 6.55. The summed E-state index contributed by atoms with van der Waals surface area (Å²) in [4.78, 5) is 16.3. The molecule has 0 aliphatic carbocycles. The van der Waals surface area contributed by atoms with Crippen molar-refractivity contribution in [1.29, 1.82) is 0 Å². The van der Waals surface area contributed by atoms with Crippen LogP contribution in [0.4, 0.5) is 5.13 Å². The number of aromatic nitrogens is 1. The van der Waals surface area contributed by atoms with E-state index in [-0.39, 0.29) is 16.4 Å². The number of sulfonamides is 1. The summed E-state index contributed by atoms with van der Waals surface area (Å²) in [5.41, 5.74) is 0.951. The molecule has 0 saturated heterocycles. The Morgan fingerprint density at radius 3 is 2.74 bits per heavy atom. The summed E-state index contributed by atoms with van der Waals surface area (Å²) in [6, 6.07) is 4.66. The van der Waals surface area contributed by atoms with Crippen molar-refractivity contribution in [1.82, 2.24) is 4.98 Å². The normalized spacial score (nSPS) is 11.3. The predicted molar refractivity (Wildman–Crippen MR) is 89.6 cm³/mol. The fraction of sp³-hybridized carbons (Fsp3) is 0.286. The van der Waals surface area contributed by atoms with Gasteiger partial charge in [0.15, 0.2) is 5.13 Å². The average Bonchev–Trinajstić information content (AvgIpc) is 2.80. The number of hydrogen-bond acceptors (Lipinski definition) is 6. The van der Waals surface area contributed by atoms with Crippen molar-refractivity contribution in [2.24, 2.45) is 0 Å². The maximum Gasteiger partial charge on any atom is 0.311 e. The standard InChI is InChI=1S/C14H15ClN2O4S2/c1-8-10(15)5-4-6-12(8)23(19,20)17-14-16-11(9(2)22-14)7-13(18)21-3/h4-6H,7H2,1-3H3,(H,16,17). The molecule has 0 bridgehead atoms. The Labute approximate surface area is 143 Å². The molecule has 0 aliphatic rings. The van der Waals surface area contributed by atoms with Crippen LogP contribution in [-0.4, -0.2) is 26.5 Å². The molecule has 0 aliphatic heterocycles. The van der Waals surface area contributed by atoms with E-state index in [4.69, 9.17) is 11.6 Å². The highest BCUT2D eigenvalue weighted by molar-refractivity contribution is 7.93. The minimum Gasteiger partial charge on any atom is -0.469 e. The number of rotatable bonds is 5. The van der Waals surface area contributed by atoms with Crippen molar-refractivity contribution in [3.05, 3.63) is 39.4 Å². The van der Waals surface area contributed by atoms with Crippen LogP contribution in [0.15, 0.2) is 23.1 Å². The van der Waals surface area contributed by atoms with Crippen molar-refractivity contribution >= 4 is 44.1 Å². The number of ether oxygens (including phenoxy) is 1. The first-order chi connectivity index (χ1) is 10.7. The van der Waals surface area contributed by atoms with Crippen molar-refractivity contribution in [3.63, 3.8) is 0 Å². The van der Waals surface area contributed by atoms with Crippen LogP contribution in [0.5, 0.6) is 0 Å². The Kier molecular flexibility index (Phi) is 5.28. The monoisotopic (exact) mass is 374 g/mol. The predicted octanol–water partition coefficient (Wildman–Crippen LogP) is 2.93. The molecule has 0 spiro atoms. The highest BCUT2D eigenvalue weighted by Gasteiger charge is 2.21. The Morgan fingerprint density at radius 2 is 2.09 bits per heavy atom. The molecule has 2 aromatic rings. The molecule has 2 rings (SSSR count). The quantitative estimate of drug-likeness (QED) is 0.813. The lowest BCUT2D eigenvalue weighted by Gasteiger charge is -2.09. The topological polar surface area (TPSA) is 85.4 Å². The van der Waals surface area contributed by atoms with Gasteiger partial charge in [-0.1, -0.05) is 17.7 Å². The number of carbonyl (C=O) groups is 1. The van der Waals surface area contributed by atoms with E-state index in [1.807, 2.05) is 0 Å². The minimum atomic E-state index is -3.81. The zero-order valence-electron chi connectivity index (χ0n) is 12.7. The molecule has 6 nitrogen and oxygen atoms in total. The summed E-state index contributed by atoms with van der Waals surface area (Å²) in [7, 11) is -2.52. The molecule has 0 fully saturated rings. The van der Waals surface area contributed by atoms with Crippen molar-refractivity contribution in [2.75, 3.05) is 11.8 Å². The molecule has 1 aromatic heterocycles. The first-order valence-corrected chi connectivity index (χ1v) is 9.23. The number of methoxy groups -OCH3 is 1. The third kappa shape index (κ3) is 4.01. The van der Waals surface area contributed by atoms with Crippen molar-refractivity contribution in [3.8, 4) is 0 Å². The van der Waals surface area contributed by atoms with Crippen LogP contribution in [0.1, 0.15) is 16.1 Å². The number of hydrogen-bond donors (Lipinski definition) is 1. The third-order valence-electron chi connectivity index (χ3n) is 3.16. The molecule has 124 valence electrons. The molecule has 9 heteroatoms. The van der Waals surface area contributed by atoms with Crippen molar-refractivity contribution in [2.45, 2.75) is 25.2 Å². The van der Waals surface area contributed by atoms with Gasteiger partial charge in [0.2, 0.25) is 0 Å². The van der Waals surface area contributed by atoms with Crippen LogP contribution >= 0.6 is 22.9 Å². The summed E-state index contributed by atoms with van der Waals surface area (Å²) < 4.78 is 32.0. The van der Waals surface area contributed by atoms with Gasteiger partial charge >= 0.3 is 5.97 Å². The number of benzene rings is 1. The fourth-order valence-electron chi connectivity index (χ4n) is 1.89. The zero-order chi connectivity index (χ0) is 17.2. The van der Waals surface area contributed by atoms with Gasteiger partial charge in [-0.2, -0.15) is 0 Å². The number of anilines is 1. The second-order valence-corrected chi connectivity index (χ2v) is 8.00. The van der Waals surface area contributed by atoms with Gasteiger partial charge in [-0.3, -0.25) is 9.52 Å². The van der Waals surface area contributed by atoms with Crippen LogP contribution in [0.2, 0.25) is 5.02 Å². The SMILES string of the molecule is COC(=O)Cc1nc(NS(=O)(=O)c2cccc(Cl)c2C)sc1C. The summed E-state index contributed by atoms with van der Waals surface area (Å²) >= 11 is 7.13. The van der Waals surface area contributed by atoms with Gasteiger partial charge in [0, 0.05) is 9.90 Å². The molecule has 0 radical (unpaired) electrons. The Morgan fingerprint density at radius 1 is 1.39 bits per heavy atom. The average molecular weight is 375 g/mol. The first kappa shape index (κ1) is 17.7. The van der Waals surface area contributed by atoms with Gasteiger partial charge in [-0.05, 0) is 31.5 Å². The molecule has 23 heavy (non-hydrogen) atoms. The molecule has 1 heterocycles. The molecular weight excluding hydrogens is 360 g/mol. The maximum absolute atomic E-state index is 12.5. The lowest BCUT2D eigenvalue weighted by Crippen LogP contribution is -2.14. The van der Waals surface area contributed by atoms with E-state index in [2.05, 4.69) is 14.4 Å². The lowest BCUT2D eigenvalue weighted by molar-refractivity contribution is -0.139. The highest BCUT2D eigenvalue weighted by atomic mass is 35.5. The third-order valence-corrected chi connectivity index (χ3v) is 6.11. The summed E-state index contributed by atoms with van der Waals surface area (Å²) in [6.45, 7) is 3.39. The van der Waals surface area contributed by atoms with Gasteiger partial charge < -0.3 is 4.74 Å². The van der Waals surface area contributed by atoms with E-state index in [0.717, 1.165) is 16.2 Å². The summed E-state index contributed by atoms with van der Waals surface area (Å²) in [5.74, 6) is -0.432. The van der Waals surface area contributed by atoms with Gasteiger partial charge in [0.25, 0.3) is 10.0 Å². The van der Waals surface area contributed by atoms with Crippen LogP contribution in [0, 0.1) is 13.8 Å². The Bertz CT molecular complexity index is 846. The second-order valence-electron chi connectivity index (χ2n) is 4.74. The number of esters is 1. The molecular formula is C14H15ClN2O4S2. The Hall–Kier alpha value is -1.64. The number of nitrogens with zero attached hydrogens (tertiary/aromatic N) is 1. The van der Waals surface area contributed by atoms with Gasteiger partial charge in [0.1, 0.15) is 0 Å². The van der Waals surface area contributed by atoms with E-state index < -0.39 is 16.0 Å². The van der Waals surface area contributed by atoms with E-state index in [9.17, 15) is 13.2 Å². The summed E-state index contributed by atoms with van der Waals surface area (Å²) in [5, 5.41) is 0.565. The van der Waals surface area contributed by atoms with E-state index in [1.54, 1.807) is 26.0 Å². The van der Waals surface area contributed by atoms with E-state index in [0.29, 0.717) is 16.3 Å². The minimum absolute atomic E-state index is 0.00322.